The van der Waals surface area contributed by atoms with Crippen molar-refractivity contribution in [1.29, 1.82) is 0 Å². The molecule has 0 aliphatic heterocycles. The fourth-order valence-electron chi connectivity index (χ4n) is 2.38. The van der Waals surface area contributed by atoms with Crippen LogP contribution in [0.15, 0.2) is 0 Å². The minimum Gasteiger partial charge on any atom is -0.550 e. The van der Waals surface area contributed by atoms with Crippen LogP contribution >= 0.6 is 0 Å². The molecule has 0 rings (SSSR count). The lowest BCUT2D eigenvalue weighted by molar-refractivity contribution is -0.921. The summed E-state index contributed by atoms with van der Waals surface area (Å²) in [5, 5.41) is 9.80. The van der Waals surface area contributed by atoms with E-state index in [-0.39, 0.29) is 6.61 Å². The number of rotatable bonds is 11. The van der Waals surface area contributed by atoms with E-state index in [2.05, 4.69) is 39.4 Å². The first kappa shape index (κ1) is 22.5. The SMILES string of the molecule is CCCCCCCCOC(=O)[O-].CC[N+](CC)(CC)CC. The Morgan fingerprint density at radius 3 is 1.57 bits per heavy atom. The summed E-state index contributed by atoms with van der Waals surface area (Å²) < 4.78 is 5.53. The maximum atomic E-state index is 9.80. The number of unbranched alkanes of at least 4 members (excludes halogenated alkanes) is 5. The molecule has 0 saturated carbocycles. The van der Waals surface area contributed by atoms with E-state index < -0.39 is 6.16 Å². The summed E-state index contributed by atoms with van der Waals surface area (Å²) in [7, 11) is 0. The molecule has 21 heavy (non-hydrogen) atoms. The summed E-state index contributed by atoms with van der Waals surface area (Å²) in [5.74, 6) is 0. The topological polar surface area (TPSA) is 49.4 Å². The molecule has 0 aromatic rings. The van der Waals surface area contributed by atoms with Crippen molar-refractivity contribution in [3.63, 3.8) is 0 Å². The van der Waals surface area contributed by atoms with Gasteiger partial charge in [-0.2, -0.15) is 0 Å². The summed E-state index contributed by atoms with van der Waals surface area (Å²) in [6, 6.07) is 0. The van der Waals surface area contributed by atoms with Gasteiger partial charge in [0, 0.05) is 6.61 Å². The van der Waals surface area contributed by atoms with Crippen LogP contribution in [0.5, 0.6) is 0 Å². The molecule has 4 heteroatoms. The Kier molecular flexibility index (Phi) is 16.7. The monoisotopic (exact) mass is 303 g/mol. The Morgan fingerprint density at radius 1 is 0.810 bits per heavy atom. The minimum atomic E-state index is -1.41. The average molecular weight is 303 g/mol. The first-order valence-corrected chi connectivity index (χ1v) is 8.70. The van der Waals surface area contributed by atoms with Gasteiger partial charge in [0.15, 0.2) is 0 Å². The molecule has 4 nitrogen and oxygen atoms in total. The van der Waals surface area contributed by atoms with Gasteiger partial charge >= 0.3 is 0 Å². The van der Waals surface area contributed by atoms with Gasteiger partial charge in [0.25, 0.3) is 6.16 Å². The van der Waals surface area contributed by atoms with Gasteiger partial charge in [-0.15, -0.1) is 0 Å². The smallest absolute Gasteiger partial charge is 0.251 e. The second-order valence-electron chi connectivity index (χ2n) is 5.47. The molecule has 0 aliphatic rings. The van der Waals surface area contributed by atoms with Crippen molar-refractivity contribution in [3.05, 3.63) is 0 Å². The zero-order valence-corrected chi connectivity index (χ0v) is 15.0. The van der Waals surface area contributed by atoms with Crippen molar-refractivity contribution < 1.29 is 19.1 Å². The van der Waals surface area contributed by atoms with E-state index in [1.165, 1.54) is 56.3 Å². The number of hydrogen-bond donors (Lipinski definition) is 0. The van der Waals surface area contributed by atoms with Gasteiger partial charge < -0.3 is 19.1 Å². The van der Waals surface area contributed by atoms with Gasteiger partial charge in [-0.25, -0.2) is 0 Å². The summed E-state index contributed by atoms with van der Waals surface area (Å²) in [4.78, 5) is 9.80. The zero-order chi connectivity index (χ0) is 16.6. The van der Waals surface area contributed by atoms with Crippen molar-refractivity contribution in [2.24, 2.45) is 0 Å². The van der Waals surface area contributed by atoms with Crippen molar-refractivity contribution in [2.75, 3.05) is 32.8 Å². The summed E-state index contributed by atoms with van der Waals surface area (Å²) in [6.45, 7) is 16.7. The van der Waals surface area contributed by atoms with E-state index in [9.17, 15) is 9.90 Å². The molecule has 0 radical (unpaired) electrons. The van der Waals surface area contributed by atoms with Crippen LogP contribution in [-0.2, 0) is 4.74 Å². The fraction of sp³-hybridized carbons (Fsp3) is 0.941. The number of nitrogens with zero attached hydrogens (tertiary/aromatic N) is 1. The zero-order valence-electron chi connectivity index (χ0n) is 15.0. The number of ether oxygens (including phenoxy) is 1. The van der Waals surface area contributed by atoms with E-state index in [0.29, 0.717) is 0 Å². The molecule has 128 valence electrons. The number of carboxylic acid groups (broad SMARTS) is 1. The molecule has 0 aliphatic carbocycles. The third-order valence-electron chi connectivity index (χ3n) is 4.40. The normalized spacial score (nSPS) is 10.7. The predicted octanol–water partition coefficient (Wildman–Crippen LogP) is 3.59. The molecular weight excluding hydrogens is 266 g/mol. The average Bonchev–Trinajstić information content (AvgIpc) is 2.50. The standard InChI is InChI=1S/C9H18O3.C8H20N/c1-2-3-4-5-6-7-8-12-9(10)11;1-5-9(6-2,7-3)8-4/h2-8H2,1H3,(H,10,11);5-8H2,1-4H3/q;+1/p-1. The highest BCUT2D eigenvalue weighted by atomic mass is 16.7. The van der Waals surface area contributed by atoms with Gasteiger partial charge in [-0.3, -0.25) is 0 Å². The van der Waals surface area contributed by atoms with Crippen LogP contribution in [0.2, 0.25) is 0 Å². The molecule has 0 fully saturated rings. The molecule has 0 aromatic carbocycles. The van der Waals surface area contributed by atoms with E-state index in [1.54, 1.807) is 0 Å². The highest BCUT2D eigenvalue weighted by Crippen LogP contribution is 2.04. The molecule has 0 spiro atoms. The van der Waals surface area contributed by atoms with Crippen LogP contribution in [-0.4, -0.2) is 43.4 Å². The van der Waals surface area contributed by atoms with Gasteiger partial charge in [-0.05, 0) is 34.1 Å². The van der Waals surface area contributed by atoms with Crippen LogP contribution in [0, 0.1) is 0 Å². The Balaban J connectivity index is 0. The molecule has 0 heterocycles. The lowest BCUT2D eigenvalue weighted by Gasteiger charge is -2.34. The molecule has 0 unspecified atom stereocenters. The molecule has 0 aromatic heterocycles. The molecule has 0 N–H and O–H groups in total. The first-order chi connectivity index (χ1) is 10.0. The van der Waals surface area contributed by atoms with Gasteiger partial charge in [0.05, 0.1) is 26.2 Å². The highest BCUT2D eigenvalue weighted by Gasteiger charge is 2.16. The predicted molar refractivity (Wildman–Crippen MR) is 87.1 cm³/mol. The number of carbonyl (C=O) groups is 1. The molecule has 0 bridgehead atoms. The minimum absolute atomic E-state index is 0.286. The third kappa shape index (κ3) is 13.9. The number of hydrogen-bond acceptors (Lipinski definition) is 3. The Bertz CT molecular complexity index is 211. The second-order valence-corrected chi connectivity index (χ2v) is 5.47. The van der Waals surface area contributed by atoms with Crippen LogP contribution in [0.3, 0.4) is 0 Å². The maximum Gasteiger partial charge on any atom is 0.251 e. The lowest BCUT2D eigenvalue weighted by Crippen LogP contribution is -2.47. The highest BCUT2D eigenvalue weighted by molar-refractivity contribution is 5.53. The fourth-order valence-corrected chi connectivity index (χ4v) is 2.38. The Morgan fingerprint density at radius 2 is 1.24 bits per heavy atom. The maximum absolute atomic E-state index is 9.80. The van der Waals surface area contributed by atoms with Crippen molar-refractivity contribution in [1.82, 2.24) is 0 Å². The van der Waals surface area contributed by atoms with Gasteiger partial charge in [0.1, 0.15) is 0 Å². The van der Waals surface area contributed by atoms with Crippen molar-refractivity contribution in [3.8, 4) is 0 Å². The van der Waals surface area contributed by atoms with E-state index >= 15 is 0 Å². The van der Waals surface area contributed by atoms with Crippen molar-refractivity contribution in [2.45, 2.75) is 73.1 Å². The van der Waals surface area contributed by atoms with Crippen LogP contribution in [0.25, 0.3) is 0 Å². The quantitative estimate of drug-likeness (QED) is 0.333. The second kappa shape index (κ2) is 15.6. The van der Waals surface area contributed by atoms with Gasteiger partial charge in [0.2, 0.25) is 0 Å². The largest absolute Gasteiger partial charge is 0.550 e. The molecule has 0 amide bonds. The van der Waals surface area contributed by atoms with E-state index in [4.69, 9.17) is 0 Å². The van der Waals surface area contributed by atoms with Crippen LogP contribution in [0.1, 0.15) is 73.1 Å². The van der Waals surface area contributed by atoms with Crippen molar-refractivity contribution >= 4 is 6.16 Å². The Hall–Kier alpha value is -0.770. The van der Waals surface area contributed by atoms with Gasteiger partial charge in [-0.1, -0.05) is 39.0 Å². The summed E-state index contributed by atoms with van der Waals surface area (Å²) in [6.07, 6.45) is 5.36. The van der Waals surface area contributed by atoms with E-state index in [1.807, 2.05) is 0 Å². The number of quaternary nitrogens is 1. The summed E-state index contributed by atoms with van der Waals surface area (Å²) >= 11 is 0. The lowest BCUT2D eigenvalue weighted by atomic mass is 10.1. The molecule has 0 atom stereocenters. The first-order valence-electron chi connectivity index (χ1n) is 8.70. The summed E-state index contributed by atoms with van der Waals surface area (Å²) in [5.41, 5.74) is 0. The van der Waals surface area contributed by atoms with Crippen LogP contribution < -0.4 is 5.11 Å². The van der Waals surface area contributed by atoms with E-state index in [0.717, 1.165) is 12.8 Å². The molecule has 0 saturated heterocycles. The third-order valence-corrected chi connectivity index (χ3v) is 4.40. The Labute approximate surface area is 132 Å². The number of carbonyl (C=O) groups excluding carboxylic acids is 1. The molecular formula is C17H37NO3. The van der Waals surface area contributed by atoms with Crippen LogP contribution in [0.4, 0.5) is 4.79 Å².